The molecule has 0 fully saturated rings. The molecular weight excluding hydrogens is 290 g/mol. The van der Waals surface area contributed by atoms with E-state index in [1.54, 1.807) is 13.0 Å². The fourth-order valence-corrected chi connectivity index (χ4v) is 2.29. The van der Waals surface area contributed by atoms with Gasteiger partial charge in [-0.2, -0.15) is 0 Å². The van der Waals surface area contributed by atoms with Gasteiger partial charge in [-0.15, -0.1) is 0 Å². The van der Waals surface area contributed by atoms with Gasteiger partial charge in [0.25, 0.3) is 0 Å². The normalized spacial score (nSPS) is 12.2. The number of hydrogen-bond donors (Lipinski definition) is 1. The van der Waals surface area contributed by atoms with Gasteiger partial charge in [-0.25, -0.2) is 4.79 Å². The molecule has 0 unspecified atom stereocenters. The van der Waals surface area contributed by atoms with Crippen molar-refractivity contribution < 1.29 is 13.9 Å². The molecule has 0 radical (unpaired) electrons. The zero-order chi connectivity index (χ0) is 15.4. The highest BCUT2D eigenvalue weighted by Gasteiger charge is 2.15. The predicted molar refractivity (Wildman–Crippen MR) is 81.5 cm³/mol. The van der Waals surface area contributed by atoms with Crippen LogP contribution in [0.15, 0.2) is 34.7 Å². The number of aryl methyl sites for hydroxylation is 1. The fraction of sp³-hybridized carbons (Fsp3) is 0.312. The van der Waals surface area contributed by atoms with Crippen molar-refractivity contribution in [2.24, 2.45) is 0 Å². The van der Waals surface area contributed by atoms with Crippen molar-refractivity contribution in [1.29, 1.82) is 0 Å². The van der Waals surface area contributed by atoms with Crippen LogP contribution in [0.3, 0.4) is 0 Å². The Labute approximate surface area is 129 Å². The van der Waals surface area contributed by atoms with Gasteiger partial charge in [-0.1, -0.05) is 23.7 Å². The number of carbonyl (C=O) groups excluding carboxylic acids is 1. The van der Waals surface area contributed by atoms with Crippen LogP contribution in [0.5, 0.6) is 0 Å². The second-order valence-corrected chi connectivity index (χ2v) is 5.27. The van der Waals surface area contributed by atoms with E-state index in [2.05, 4.69) is 5.32 Å². The van der Waals surface area contributed by atoms with Gasteiger partial charge < -0.3 is 14.5 Å². The lowest BCUT2D eigenvalue weighted by atomic mass is 10.1. The highest BCUT2D eigenvalue weighted by Crippen LogP contribution is 2.19. The van der Waals surface area contributed by atoms with E-state index in [0.717, 1.165) is 5.56 Å². The van der Waals surface area contributed by atoms with Crippen molar-refractivity contribution in [2.45, 2.75) is 26.4 Å². The number of methoxy groups -OCH3 is 1. The lowest BCUT2D eigenvalue weighted by molar-refractivity contribution is 0.0599. The molecule has 0 amide bonds. The lowest BCUT2D eigenvalue weighted by Crippen LogP contribution is -2.17. The number of hydrogen-bond acceptors (Lipinski definition) is 4. The van der Waals surface area contributed by atoms with Gasteiger partial charge in [0.05, 0.1) is 13.7 Å². The van der Waals surface area contributed by atoms with E-state index in [4.69, 9.17) is 20.8 Å². The molecule has 1 heterocycles. The zero-order valence-corrected chi connectivity index (χ0v) is 13.0. The molecular formula is C16H18ClNO3. The van der Waals surface area contributed by atoms with Crippen LogP contribution in [0, 0.1) is 6.92 Å². The number of nitrogens with one attached hydrogen (secondary N) is 1. The van der Waals surface area contributed by atoms with Crippen LogP contribution in [0.4, 0.5) is 0 Å². The average molecular weight is 308 g/mol. The summed E-state index contributed by atoms with van der Waals surface area (Å²) in [6, 6.07) is 9.52. The van der Waals surface area contributed by atoms with Crippen LogP contribution < -0.4 is 5.32 Å². The number of benzene rings is 1. The Bertz CT molecular complexity index is 636. The molecule has 1 N–H and O–H groups in total. The van der Waals surface area contributed by atoms with Gasteiger partial charge >= 0.3 is 5.97 Å². The molecule has 0 saturated heterocycles. The molecule has 0 aliphatic heterocycles. The van der Waals surface area contributed by atoms with E-state index in [9.17, 15) is 4.79 Å². The number of ether oxygens (including phenoxy) is 1. The summed E-state index contributed by atoms with van der Waals surface area (Å²) in [5, 5.41) is 4.05. The average Bonchev–Trinajstić information content (AvgIpc) is 2.85. The number of furan rings is 1. The van der Waals surface area contributed by atoms with Crippen LogP contribution in [-0.4, -0.2) is 13.1 Å². The second-order valence-electron chi connectivity index (χ2n) is 4.83. The first-order chi connectivity index (χ1) is 10.0. The topological polar surface area (TPSA) is 51.5 Å². The van der Waals surface area contributed by atoms with Crippen molar-refractivity contribution in [1.82, 2.24) is 5.32 Å². The molecule has 0 aliphatic carbocycles. The highest BCUT2D eigenvalue weighted by atomic mass is 35.5. The Hall–Kier alpha value is -1.78. The summed E-state index contributed by atoms with van der Waals surface area (Å²) in [5.74, 6) is 0.876. The Morgan fingerprint density at radius 3 is 2.86 bits per heavy atom. The number of rotatable bonds is 5. The van der Waals surface area contributed by atoms with Crippen LogP contribution in [0.25, 0.3) is 0 Å². The Morgan fingerprint density at radius 1 is 1.43 bits per heavy atom. The van der Waals surface area contributed by atoms with E-state index in [1.165, 1.54) is 7.11 Å². The van der Waals surface area contributed by atoms with Gasteiger partial charge in [0.1, 0.15) is 17.1 Å². The first kappa shape index (κ1) is 15.6. The summed E-state index contributed by atoms with van der Waals surface area (Å²) < 4.78 is 10.3. The second kappa shape index (κ2) is 6.78. The van der Waals surface area contributed by atoms with Gasteiger partial charge in [0, 0.05) is 11.1 Å². The van der Waals surface area contributed by atoms with Crippen LogP contribution >= 0.6 is 11.6 Å². The standard InChI is InChI=1S/C16H18ClNO3/c1-10(12-5-4-6-13(17)7-12)18-9-14-8-15(11(2)21-14)16(19)20-3/h4-8,10,18H,9H2,1-3H3/t10-/m1/s1. The van der Waals surface area contributed by atoms with E-state index < -0.39 is 0 Å². The Kier molecular flexibility index (Phi) is 5.04. The minimum absolute atomic E-state index is 0.121. The van der Waals surface area contributed by atoms with Crippen LogP contribution in [-0.2, 0) is 11.3 Å². The predicted octanol–water partition coefficient (Wildman–Crippen LogP) is 3.88. The summed E-state index contributed by atoms with van der Waals surface area (Å²) in [4.78, 5) is 11.5. The van der Waals surface area contributed by atoms with Crippen molar-refractivity contribution in [3.63, 3.8) is 0 Å². The van der Waals surface area contributed by atoms with Crippen LogP contribution in [0.1, 0.15) is 40.4 Å². The molecule has 0 aliphatic rings. The minimum atomic E-state index is -0.384. The van der Waals surface area contributed by atoms with E-state index in [1.807, 2.05) is 31.2 Å². The van der Waals surface area contributed by atoms with Crippen LogP contribution in [0.2, 0.25) is 5.02 Å². The maximum atomic E-state index is 11.5. The molecule has 112 valence electrons. The zero-order valence-electron chi connectivity index (χ0n) is 12.3. The quantitative estimate of drug-likeness (QED) is 0.852. The molecule has 1 aromatic heterocycles. The molecule has 1 atom stereocenters. The Balaban J connectivity index is 2.01. The van der Waals surface area contributed by atoms with Gasteiger partial charge in [0.15, 0.2) is 0 Å². The first-order valence-corrected chi connectivity index (χ1v) is 7.05. The number of carbonyl (C=O) groups is 1. The third kappa shape index (κ3) is 3.86. The van der Waals surface area contributed by atoms with Gasteiger partial charge in [-0.3, -0.25) is 0 Å². The van der Waals surface area contributed by atoms with Crippen molar-refractivity contribution in [3.05, 3.63) is 58.0 Å². The third-order valence-electron chi connectivity index (χ3n) is 3.31. The summed E-state index contributed by atoms with van der Waals surface area (Å²) in [6.45, 7) is 4.31. The Morgan fingerprint density at radius 2 is 2.19 bits per heavy atom. The lowest BCUT2D eigenvalue weighted by Gasteiger charge is -2.13. The molecule has 0 saturated carbocycles. The molecule has 5 heteroatoms. The van der Waals surface area contributed by atoms with E-state index in [0.29, 0.717) is 28.7 Å². The summed E-state index contributed by atoms with van der Waals surface area (Å²) >= 11 is 5.98. The van der Waals surface area contributed by atoms with E-state index in [-0.39, 0.29) is 12.0 Å². The van der Waals surface area contributed by atoms with E-state index >= 15 is 0 Å². The fourth-order valence-electron chi connectivity index (χ4n) is 2.09. The summed E-state index contributed by atoms with van der Waals surface area (Å²) in [6.07, 6.45) is 0. The highest BCUT2D eigenvalue weighted by molar-refractivity contribution is 6.30. The molecule has 4 nitrogen and oxygen atoms in total. The van der Waals surface area contributed by atoms with Crippen molar-refractivity contribution >= 4 is 17.6 Å². The number of halogens is 1. The van der Waals surface area contributed by atoms with Gasteiger partial charge in [-0.05, 0) is 37.6 Å². The van der Waals surface area contributed by atoms with Crippen molar-refractivity contribution in [2.75, 3.05) is 7.11 Å². The molecule has 0 bridgehead atoms. The largest absolute Gasteiger partial charge is 0.465 e. The monoisotopic (exact) mass is 307 g/mol. The summed E-state index contributed by atoms with van der Waals surface area (Å²) in [7, 11) is 1.36. The molecule has 1 aromatic carbocycles. The summed E-state index contributed by atoms with van der Waals surface area (Å²) in [5.41, 5.74) is 1.56. The van der Waals surface area contributed by atoms with Crippen molar-refractivity contribution in [3.8, 4) is 0 Å². The first-order valence-electron chi connectivity index (χ1n) is 6.67. The third-order valence-corrected chi connectivity index (χ3v) is 3.54. The molecule has 2 rings (SSSR count). The smallest absolute Gasteiger partial charge is 0.341 e. The maximum absolute atomic E-state index is 11.5. The maximum Gasteiger partial charge on any atom is 0.341 e. The SMILES string of the molecule is COC(=O)c1cc(CN[C@H](C)c2cccc(Cl)c2)oc1C. The van der Waals surface area contributed by atoms with Gasteiger partial charge in [0.2, 0.25) is 0 Å². The molecule has 2 aromatic rings. The minimum Gasteiger partial charge on any atom is -0.465 e. The molecule has 0 spiro atoms. The number of esters is 1. The molecule has 21 heavy (non-hydrogen) atoms.